The van der Waals surface area contributed by atoms with Crippen LogP contribution in [0.2, 0.25) is 0 Å². The van der Waals surface area contributed by atoms with E-state index in [9.17, 15) is 8.78 Å². The Kier molecular flexibility index (Phi) is 4.20. The van der Waals surface area contributed by atoms with Crippen LogP contribution in [-0.2, 0) is 0 Å². The molecule has 6 nitrogen and oxygen atoms in total. The van der Waals surface area contributed by atoms with E-state index in [0.29, 0.717) is 22.8 Å². The summed E-state index contributed by atoms with van der Waals surface area (Å²) in [7, 11) is 0. The number of hydrogen-bond acceptors (Lipinski definition) is 5. The SMILES string of the molecule is Nc1nn2ccnc2c(Nc2ccc(F)c(F)c2)c1C1CCC(N)CC1. The lowest BCUT2D eigenvalue weighted by Crippen LogP contribution is -2.26. The Bertz CT molecular complexity index is 946. The van der Waals surface area contributed by atoms with Gasteiger partial charge in [0.15, 0.2) is 17.3 Å². The molecule has 8 heteroatoms. The Morgan fingerprint density at radius 1 is 1.12 bits per heavy atom. The first kappa shape index (κ1) is 16.7. The summed E-state index contributed by atoms with van der Waals surface area (Å²) in [6.45, 7) is 0. The number of imidazole rings is 1. The molecule has 5 N–H and O–H groups in total. The van der Waals surface area contributed by atoms with Crippen molar-refractivity contribution in [3.8, 4) is 0 Å². The monoisotopic (exact) mass is 358 g/mol. The summed E-state index contributed by atoms with van der Waals surface area (Å²) in [4.78, 5) is 4.36. The number of nitrogens with zero attached hydrogens (tertiary/aromatic N) is 3. The van der Waals surface area contributed by atoms with Crippen molar-refractivity contribution >= 4 is 22.8 Å². The predicted octanol–water partition coefficient (Wildman–Crippen LogP) is 3.32. The molecule has 3 aromatic rings. The molecule has 1 aliphatic rings. The number of halogens is 2. The van der Waals surface area contributed by atoms with Crippen molar-refractivity contribution in [3.05, 3.63) is 47.8 Å². The first-order chi connectivity index (χ1) is 12.5. The van der Waals surface area contributed by atoms with Crippen molar-refractivity contribution in [3.63, 3.8) is 0 Å². The molecule has 1 aromatic carbocycles. The standard InChI is InChI=1S/C18H20F2N6/c19-13-6-5-12(9-14(13)20)24-16-15(10-1-3-11(21)4-2-10)17(22)25-26-8-7-23-18(16)26/h5-11,24H,1-4,21H2,(H2,22,25). The van der Waals surface area contributed by atoms with E-state index in [0.717, 1.165) is 43.4 Å². The smallest absolute Gasteiger partial charge is 0.177 e. The van der Waals surface area contributed by atoms with Crippen LogP contribution in [0.15, 0.2) is 30.6 Å². The first-order valence-corrected chi connectivity index (χ1v) is 8.63. The minimum Gasteiger partial charge on any atom is -0.382 e. The molecule has 136 valence electrons. The molecule has 26 heavy (non-hydrogen) atoms. The van der Waals surface area contributed by atoms with Gasteiger partial charge in [-0.2, -0.15) is 0 Å². The summed E-state index contributed by atoms with van der Waals surface area (Å²) in [5, 5.41) is 7.57. The fourth-order valence-corrected chi connectivity index (χ4v) is 3.64. The molecule has 0 aliphatic heterocycles. The normalized spacial score (nSPS) is 20.4. The maximum absolute atomic E-state index is 13.6. The summed E-state index contributed by atoms with van der Waals surface area (Å²) in [5.74, 6) is -1.21. The number of hydrogen-bond donors (Lipinski definition) is 3. The summed E-state index contributed by atoms with van der Waals surface area (Å²) in [6.07, 6.45) is 6.94. The second kappa shape index (κ2) is 6.53. The van der Waals surface area contributed by atoms with Gasteiger partial charge in [0.2, 0.25) is 0 Å². The van der Waals surface area contributed by atoms with Gasteiger partial charge in [0.1, 0.15) is 5.82 Å². The number of fused-ring (bicyclic) bond motifs is 1. The van der Waals surface area contributed by atoms with E-state index in [1.807, 2.05) is 0 Å². The lowest BCUT2D eigenvalue weighted by molar-refractivity contribution is 0.396. The summed E-state index contributed by atoms with van der Waals surface area (Å²) >= 11 is 0. The van der Waals surface area contributed by atoms with Gasteiger partial charge in [-0.05, 0) is 43.7 Å². The second-order valence-electron chi connectivity index (χ2n) is 6.73. The Balaban J connectivity index is 1.81. The van der Waals surface area contributed by atoms with E-state index in [1.165, 1.54) is 6.07 Å². The highest BCUT2D eigenvalue weighted by atomic mass is 19.2. The van der Waals surface area contributed by atoms with Gasteiger partial charge in [0.05, 0.1) is 5.69 Å². The van der Waals surface area contributed by atoms with Crippen molar-refractivity contribution in [1.29, 1.82) is 0 Å². The van der Waals surface area contributed by atoms with Gasteiger partial charge in [-0.15, -0.1) is 5.10 Å². The lowest BCUT2D eigenvalue weighted by Gasteiger charge is -2.28. The van der Waals surface area contributed by atoms with Gasteiger partial charge < -0.3 is 16.8 Å². The zero-order chi connectivity index (χ0) is 18.3. The number of benzene rings is 1. The minimum absolute atomic E-state index is 0.191. The number of anilines is 3. The van der Waals surface area contributed by atoms with Crippen LogP contribution in [0.3, 0.4) is 0 Å². The third-order valence-corrected chi connectivity index (χ3v) is 4.98. The van der Waals surface area contributed by atoms with Gasteiger partial charge in [-0.1, -0.05) is 0 Å². The van der Waals surface area contributed by atoms with Crippen LogP contribution in [-0.4, -0.2) is 20.6 Å². The van der Waals surface area contributed by atoms with Crippen LogP contribution in [0.5, 0.6) is 0 Å². The van der Waals surface area contributed by atoms with Crippen molar-refractivity contribution in [1.82, 2.24) is 14.6 Å². The van der Waals surface area contributed by atoms with Crippen LogP contribution >= 0.6 is 0 Å². The van der Waals surface area contributed by atoms with Crippen LogP contribution in [0.25, 0.3) is 5.65 Å². The van der Waals surface area contributed by atoms with Crippen molar-refractivity contribution in [2.75, 3.05) is 11.1 Å². The Hall–Kier alpha value is -2.74. The molecule has 0 spiro atoms. The van der Waals surface area contributed by atoms with E-state index in [4.69, 9.17) is 11.5 Å². The molecule has 0 amide bonds. The highest BCUT2D eigenvalue weighted by Gasteiger charge is 2.27. The molecule has 0 bridgehead atoms. The molecular weight excluding hydrogens is 338 g/mol. The molecule has 0 radical (unpaired) electrons. The lowest BCUT2D eigenvalue weighted by atomic mass is 9.81. The first-order valence-electron chi connectivity index (χ1n) is 8.63. The number of nitrogens with one attached hydrogen (secondary N) is 1. The molecule has 2 aromatic heterocycles. The number of rotatable bonds is 3. The molecule has 1 saturated carbocycles. The zero-order valence-corrected chi connectivity index (χ0v) is 14.1. The molecule has 0 atom stereocenters. The molecule has 4 rings (SSSR count). The third-order valence-electron chi connectivity index (χ3n) is 4.98. The van der Waals surface area contributed by atoms with E-state index < -0.39 is 11.6 Å². The topological polar surface area (TPSA) is 94.3 Å². The van der Waals surface area contributed by atoms with Gasteiger partial charge in [-0.3, -0.25) is 0 Å². The maximum atomic E-state index is 13.6. The Morgan fingerprint density at radius 3 is 2.62 bits per heavy atom. The van der Waals surface area contributed by atoms with Crippen molar-refractivity contribution in [2.45, 2.75) is 37.6 Å². The summed E-state index contributed by atoms with van der Waals surface area (Å²) in [6, 6.07) is 3.89. The zero-order valence-electron chi connectivity index (χ0n) is 14.1. The van der Waals surface area contributed by atoms with Crippen molar-refractivity contribution in [2.24, 2.45) is 5.73 Å². The van der Waals surface area contributed by atoms with E-state index >= 15 is 0 Å². The average Bonchev–Trinajstić information content (AvgIpc) is 3.07. The molecule has 2 heterocycles. The third kappa shape index (κ3) is 2.96. The van der Waals surface area contributed by atoms with Crippen molar-refractivity contribution < 1.29 is 8.78 Å². The maximum Gasteiger partial charge on any atom is 0.177 e. The summed E-state index contributed by atoms with van der Waals surface area (Å²) < 4.78 is 28.5. The molecular formula is C18H20F2N6. The van der Waals surface area contributed by atoms with Gasteiger partial charge in [0.25, 0.3) is 0 Å². The Labute approximate surface area is 149 Å². The van der Waals surface area contributed by atoms with Gasteiger partial charge in [-0.25, -0.2) is 18.3 Å². The predicted molar refractivity (Wildman–Crippen MR) is 96.2 cm³/mol. The number of nitrogens with two attached hydrogens (primary N) is 2. The van der Waals surface area contributed by atoms with Crippen LogP contribution in [0.4, 0.5) is 26.0 Å². The second-order valence-corrected chi connectivity index (χ2v) is 6.73. The number of aromatic nitrogens is 3. The van der Waals surface area contributed by atoms with Crippen LogP contribution in [0, 0.1) is 11.6 Å². The summed E-state index contributed by atoms with van der Waals surface area (Å²) in [5.41, 5.74) is 14.8. The molecule has 0 unspecified atom stereocenters. The van der Waals surface area contributed by atoms with E-state index in [-0.39, 0.29) is 12.0 Å². The molecule has 1 aliphatic carbocycles. The van der Waals surface area contributed by atoms with E-state index in [2.05, 4.69) is 15.4 Å². The Morgan fingerprint density at radius 2 is 1.88 bits per heavy atom. The van der Waals surface area contributed by atoms with Crippen LogP contribution < -0.4 is 16.8 Å². The fraction of sp³-hybridized carbons (Fsp3) is 0.333. The average molecular weight is 358 g/mol. The van der Waals surface area contributed by atoms with Crippen LogP contribution in [0.1, 0.15) is 37.2 Å². The molecule has 0 saturated heterocycles. The molecule has 1 fully saturated rings. The quantitative estimate of drug-likeness (QED) is 0.668. The van der Waals surface area contributed by atoms with Gasteiger partial charge >= 0.3 is 0 Å². The highest BCUT2D eigenvalue weighted by Crippen LogP contribution is 2.41. The number of nitrogen functional groups attached to an aromatic ring is 1. The van der Waals surface area contributed by atoms with E-state index in [1.54, 1.807) is 16.9 Å². The largest absolute Gasteiger partial charge is 0.382 e. The van der Waals surface area contributed by atoms with Gasteiger partial charge in [0, 0.05) is 35.8 Å². The fourth-order valence-electron chi connectivity index (χ4n) is 3.64. The highest BCUT2D eigenvalue weighted by molar-refractivity contribution is 5.80. The minimum atomic E-state index is -0.915.